The van der Waals surface area contributed by atoms with Crippen molar-refractivity contribution in [2.24, 2.45) is 0 Å². The SMILES string of the molecule is CCCNS(=O)(=O)c1ccc(CCC(=O)Nc2ccc(I)cc2)cc1. The maximum Gasteiger partial charge on any atom is 0.240 e. The second-order valence-electron chi connectivity index (χ2n) is 5.60. The Hall–Kier alpha value is -1.45. The first-order valence-electron chi connectivity index (χ1n) is 8.05. The smallest absolute Gasteiger partial charge is 0.240 e. The Bertz CT molecular complexity index is 803. The molecule has 0 bridgehead atoms. The van der Waals surface area contributed by atoms with E-state index in [1.54, 1.807) is 24.3 Å². The van der Waals surface area contributed by atoms with Gasteiger partial charge in [-0.15, -0.1) is 0 Å². The number of anilines is 1. The van der Waals surface area contributed by atoms with Gasteiger partial charge in [0.2, 0.25) is 15.9 Å². The summed E-state index contributed by atoms with van der Waals surface area (Å²) in [6.45, 7) is 2.33. The Labute approximate surface area is 162 Å². The lowest BCUT2D eigenvalue weighted by Gasteiger charge is -2.08. The van der Waals surface area contributed by atoms with Gasteiger partial charge in [0.1, 0.15) is 0 Å². The second kappa shape index (κ2) is 9.30. The van der Waals surface area contributed by atoms with Gasteiger partial charge < -0.3 is 5.32 Å². The Morgan fingerprint density at radius 1 is 1.04 bits per heavy atom. The Balaban J connectivity index is 1.88. The van der Waals surface area contributed by atoms with Crippen molar-refractivity contribution in [3.63, 3.8) is 0 Å². The highest BCUT2D eigenvalue weighted by Crippen LogP contribution is 2.14. The molecule has 134 valence electrons. The first kappa shape index (κ1) is 19.9. The number of amides is 1. The van der Waals surface area contributed by atoms with E-state index in [4.69, 9.17) is 0 Å². The average Bonchev–Trinajstić information content (AvgIpc) is 2.60. The van der Waals surface area contributed by atoms with Crippen molar-refractivity contribution in [2.45, 2.75) is 31.1 Å². The van der Waals surface area contributed by atoms with Crippen LogP contribution in [0.4, 0.5) is 5.69 Å². The number of sulfonamides is 1. The molecule has 0 heterocycles. The predicted octanol–water partition coefficient (Wildman–Crippen LogP) is 3.55. The molecule has 0 atom stereocenters. The van der Waals surface area contributed by atoms with Gasteiger partial charge in [-0.05, 0) is 77.4 Å². The van der Waals surface area contributed by atoms with Gasteiger partial charge in [0.15, 0.2) is 0 Å². The van der Waals surface area contributed by atoms with Crippen molar-refractivity contribution in [2.75, 3.05) is 11.9 Å². The molecule has 7 heteroatoms. The zero-order valence-electron chi connectivity index (χ0n) is 14.0. The van der Waals surface area contributed by atoms with E-state index in [1.807, 2.05) is 31.2 Å². The molecule has 2 aromatic carbocycles. The van der Waals surface area contributed by atoms with Gasteiger partial charge in [0.25, 0.3) is 0 Å². The molecule has 2 N–H and O–H groups in total. The standard InChI is InChI=1S/C18H21IN2O3S/c1-2-13-20-25(23,24)17-10-3-14(4-11-17)5-12-18(22)21-16-8-6-15(19)7-9-16/h3-4,6-11,20H,2,5,12-13H2,1H3,(H,21,22). The van der Waals surface area contributed by atoms with Crippen LogP contribution >= 0.6 is 22.6 Å². The second-order valence-corrected chi connectivity index (χ2v) is 8.61. The molecule has 0 saturated carbocycles. The van der Waals surface area contributed by atoms with Gasteiger partial charge in [-0.2, -0.15) is 0 Å². The van der Waals surface area contributed by atoms with Gasteiger partial charge >= 0.3 is 0 Å². The number of aryl methyl sites for hydroxylation is 1. The van der Waals surface area contributed by atoms with E-state index in [9.17, 15) is 13.2 Å². The highest BCUT2D eigenvalue weighted by molar-refractivity contribution is 14.1. The predicted molar refractivity (Wildman–Crippen MR) is 108 cm³/mol. The minimum absolute atomic E-state index is 0.0671. The lowest BCUT2D eigenvalue weighted by Crippen LogP contribution is -2.24. The lowest BCUT2D eigenvalue weighted by molar-refractivity contribution is -0.116. The van der Waals surface area contributed by atoms with Crippen LogP contribution in [0.15, 0.2) is 53.4 Å². The number of carbonyl (C=O) groups excluding carboxylic acids is 1. The Kier molecular flexibility index (Phi) is 7.39. The van der Waals surface area contributed by atoms with Gasteiger partial charge in [0, 0.05) is 22.2 Å². The normalized spacial score (nSPS) is 11.3. The summed E-state index contributed by atoms with van der Waals surface area (Å²) >= 11 is 2.21. The molecule has 0 aliphatic heterocycles. The van der Waals surface area contributed by atoms with E-state index >= 15 is 0 Å². The van der Waals surface area contributed by atoms with Crippen LogP contribution in [0.5, 0.6) is 0 Å². The molecule has 0 radical (unpaired) electrons. The molecule has 0 spiro atoms. The number of benzene rings is 2. The number of rotatable bonds is 8. The van der Waals surface area contributed by atoms with Crippen molar-refractivity contribution in [3.8, 4) is 0 Å². The highest BCUT2D eigenvalue weighted by Gasteiger charge is 2.12. The third-order valence-electron chi connectivity index (χ3n) is 3.54. The fraction of sp³-hybridized carbons (Fsp3) is 0.278. The van der Waals surface area contributed by atoms with Crippen LogP contribution in [-0.4, -0.2) is 20.9 Å². The van der Waals surface area contributed by atoms with Gasteiger partial charge in [-0.25, -0.2) is 13.1 Å². The largest absolute Gasteiger partial charge is 0.326 e. The van der Waals surface area contributed by atoms with Crippen LogP contribution in [0.1, 0.15) is 25.3 Å². The fourth-order valence-electron chi connectivity index (χ4n) is 2.17. The molecule has 1 amide bonds. The molecule has 0 aromatic heterocycles. The molecule has 0 aliphatic carbocycles. The molecule has 0 unspecified atom stereocenters. The molecule has 5 nitrogen and oxygen atoms in total. The monoisotopic (exact) mass is 472 g/mol. The molecule has 2 rings (SSSR count). The van der Waals surface area contributed by atoms with Crippen LogP contribution in [-0.2, 0) is 21.2 Å². The van der Waals surface area contributed by atoms with Gasteiger partial charge in [-0.3, -0.25) is 4.79 Å². The first-order chi connectivity index (χ1) is 11.9. The zero-order chi connectivity index (χ0) is 18.3. The number of hydrogen-bond donors (Lipinski definition) is 2. The summed E-state index contributed by atoms with van der Waals surface area (Å²) in [4.78, 5) is 12.2. The Morgan fingerprint density at radius 3 is 2.28 bits per heavy atom. The number of nitrogens with one attached hydrogen (secondary N) is 2. The molecule has 2 aromatic rings. The van der Waals surface area contributed by atoms with Crippen molar-refractivity contribution in [1.29, 1.82) is 0 Å². The number of hydrogen-bond acceptors (Lipinski definition) is 3. The third kappa shape index (κ3) is 6.41. The van der Waals surface area contributed by atoms with Gasteiger partial charge in [0.05, 0.1) is 4.90 Å². The van der Waals surface area contributed by atoms with Gasteiger partial charge in [-0.1, -0.05) is 19.1 Å². The van der Waals surface area contributed by atoms with E-state index in [-0.39, 0.29) is 10.8 Å². The van der Waals surface area contributed by atoms with E-state index < -0.39 is 10.0 Å². The maximum atomic E-state index is 12.0. The van der Waals surface area contributed by atoms with Crippen LogP contribution in [0, 0.1) is 3.57 Å². The molecular formula is C18H21IN2O3S. The fourth-order valence-corrected chi connectivity index (χ4v) is 3.66. The summed E-state index contributed by atoms with van der Waals surface area (Å²) in [6, 6.07) is 14.2. The lowest BCUT2D eigenvalue weighted by atomic mass is 10.1. The zero-order valence-corrected chi connectivity index (χ0v) is 16.9. The van der Waals surface area contributed by atoms with Crippen LogP contribution < -0.4 is 10.0 Å². The Morgan fingerprint density at radius 2 is 1.68 bits per heavy atom. The van der Waals surface area contributed by atoms with Crippen LogP contribution in [0.2, 0.25) is 0 Å². The third-order valence-corrected chi connectivity index (χ3v) is 5.74. The van der Waals surface area contributed by atoms with E-state index in [1.165, 1.54) is 0 Å². The number of halogens is 1. The maximum absolute atomic E-state index is 12.0. The van der Waals surface area contributed by atoms with Crippen LogP contribution in [0.25, 0.3) is 0 Å². The highest BCUT2D eigenvalue weighted by atomic mass is 127. The topological polar surface area (TPSA) is 75.3 Å². The summed E-state index contributed by atoms with van der Waals surface area (Å²) < 4.78 is 27.7. The van der Waals surface area contributed by atoms with E-state index in [0.717, 1.165) is 21.2 Å². The van der Waals surface area contributed by atoms with Crippen molar-refractivity contribution in [1.82, 2.24) is 4.72 Å². The van der Waals surface area contributed by atoms with E-state index in [2.05, 4.69) is 32.6 Å². The molecule has 0 aliphatic rings. The quantitative estimate of drug-likeness (QED) is 0.578. The summed E-state index contributed by atoms with van der Waals surface area (Å²) in [5.41, 5.74) is 1.70. The van der Waals surface area contributed by atoms with Crippen molar-refractivity contribution < 1.29 is 13.2 Å². The number of carbonyl (C=O) groups is 1. The summed E-state index contributed by atoms with van der Waals surface area (Å²) in [7, 11) is -3.44. The minimum atomic E-state index is -3.44. The van der Waals surface area contributed by atoms with Crippen molar-refractivity contribution >= 4 is 44.2 Å². The summed E-state index contributed by atoms with van der Waals surface area (Å²) in [6.07, 6.45) is 1.64. The van der Waals surface area contributed by atoms with Crippen LogP contribution in [0.3, 0.4) is 0 Å². The summed E-state index contributed by atoms with van der Waals surface area (Å²) in [5, 5.41) is 2.85. The van der Waals surface area contributed by atoms with E-state index in [0.29, 0.717) is 19.4 Å². The van der Waals surface area contributed by atoms with Crippen molar-refractivity contribution in [3.05, 3.63) is 57.7 Å². The molecule has 0 fully saturated rings. The first-order valence-corrected chi connectivity index (χ1v) is 10.6. The molecule has 25 heavy (non-hydrogen) atoms. The minimum Gasteiger partial charge on any atom is -0.326 e. The summed E-state index contributed by atoms with van der Waals surface area (Å²) in [5.74, 6) is -0.0671. The molecule has 0 saturated heterocycles. The average molecular weight is 472 g/mol. The molecular weight excluding hydrogens is 451 g/mol.